The van der Waals surface area contributed by atoms with Crippen LogP contribution >= 0.6 is 0 Å². The number of carbonyl (C=O) groups is 1. The molecule has 4 heteroatoms. The van der Waals surface area contributed by atoms with E-state index in [4.69, 9.17) is 4.74 Å². The summed E-state index contributed by atoms with van der Waals surface area (Å²) in [5, 5.41) is 20.7. The first-order chi connectivity index (χ1) is 9.72. The monoisotopic (exact) mass is 296 g/mol. The van der Waals surface area contributed by atoms with Crippen molar-refractivity contribution < 1.29 is 19.7 Å². The molecule has 0 aromatic rings. The molecule has 1 aliphatic carbocycles. The van der Waals surface area contributed by atoms with E-state index in [0.29, 0.717) is 12.0 Å². The van der Waals surface area contributed by atoms with Crippen LogP contribution in [0.25, 0.3) is 0 Å². The van der Waals surface area contributed by atoms with Crippen molar-refractivity contribution in [1.82, 2.24) is 0 Å². The minimum absolute atomic E-state index is 0.0189. The van der Waals surface area contributed by atoms with Crippen LogP contribution in [0.4, 0.5) is 0 Å². The Kier molecular flexibility index (Phi) is 6.62. The third-order valence-electron chi connectivity index (χ3n) is 4.16. The quantitative estimate of drug-likeness (QED) is 0.607. The van der Waals surface area contributed by atoms with E-state index in [0.717, 1.165) is 18.4 Å². The van der Waals surface area contributed by atoms with Crippen molar-refractivity contribution in [2.24, 2.45) is 11.8 Å². The zero-order valence-electron chi connectivity index (χ0n) is 13.5. The van der Waals surface area contributed by atoms with Crippen LogP contribution in [0.15, 0.2) is 23.8 Å². The molecule has 4 atom stereocenters. The normalized spacial score (nSPS) is 34.2. The number of hydrogen-bond acceptors (Lipinski definition) is 4. The fraction of sp³-hybridized carbons (Fsp3) is 0.706. The Balaban J connectivity index is 3.00. The van der Waals surface area contributed by atoms with E-state index in [9.17, 15) is 15.0 Å². The van der Waals surface area contributed by atoms with Gasteiger partial charge in [0.1, 0.15) is 12.2 Å². The van der Waals surface area contributed by atoms with E-state index in [-0.39, 0.29) is 17.8 Å². The van der Waals surface area contributed by atoms with Crippen molar-refractivity contribution in [1.29, 1.82) is 0 Å². The van der Waals surface area contributed by atoms with Gasteiger partial charge in [-0.1, -0.05) is 26.0 Å². The predicted molar refractivity (Wildman–Crippen MR) is 82.6 cm³/mol. The topological polar surface area (TPSA) is 66.8 Å². The highest BCUT2D eigenvalue weighted by molar-refractivity contribution is 5.66. The summed E-state index contributed by atoms with van der Waals surface area (Å²) in [6, 6.07) is 0. The lowest BCUT2D eigenvalue weighted by Crippen LogP contribution is -2.38. The van der Waals surface area contributed by atoms with Crippen molar-refractivity contribution >= 4 is 5.97 Å². The van der Waals surface area contributed by atoms with E-state index in [1.54, 1.807) is 0 Å². The average molecular weight is 296 g/mol. The maximum absolute atomic E-state index is 11.2. The first kappa shape index (κ1) is 17.9. The smallest absolute Gasteiger partial charge is 0.303 e. The van der Waals surface area contributed by atoms with Gasteiger partial charge in [-0.25, -0.2) is 0 Å². The van der Waals surface area contributed by atoms with Gasteiger partial charge < -0.3 is 14.9 Å². The molecule has 2 N–H and O–H groups in total. The molecular formula is C17H28O4. The summed E-state index contributed by atoms with van der Waals surface area (Å²) in [7, 11) is 0. The van der Waals surface area contributed by atoms with Crippen LogP contribution in [-0.4, -0.2) is 34.5 Å². The van der Waals surface area contributed by atoms with Crippen LogP contribution in [-0.2, 0) is 9.53 Å². The lowest BCUT2D eigenvalue weighted by atomic mass is 9.80. The van der Waals surface area contributed by atoms with Crippen molar-refractivity contribution in [2.45, 2.75) is 65.3 Å². The molecule has 0 bridgehead atoms. The summed E-state index contributed by atoms with van der Waals surface area (Å²) in [6.45, 7) is 11.3. The van der Waals surface area contributed by atoms with Gasteiger partial charge in [0.05, 0.1) is 6.10 Å². The Bertz CT molecular complexity index is 411. The molecule has 120 valence electrons. The molecular weight excluding hydrogens is 268 g/mol. The highest BCUT2D eigenvalue weighted by Gasteiger charge is 2.31. The van der Waals surface area contributed by atoms with E-state index in [2.05, 4.69) is 20.4 Å². The highest BCUT2D eigenvalue weighted by Crippen LogP contribution is 2.30. The second-order valence-electron chi connectivity index (χ2n) is 6.41. The van der Waals surface area contributed by atoms with Gasteiger partial charge in [0.25, 0.3) is 0 Å². The third-order valence-corrected chi connectivity index (χ3v) is 4.16. The number of aliphatic hydroxyl groups excluding tert-OH is 2. The van der Waals surface area contributed by atoms with E-state index < -0.39 is 18.3 Å². The van der Waals surface area contributed by atoms with Gasteiger partial charge >= 0.3 is 5.97 Å². The fourth-order valence-electron chi connectivity index (χ4n) is 2.90. The molecule has 0 fully saturated rings. The summed E-state index contributed by atoms with van der Waals surface area (Å²) in [5.41, 5.74) is 1.63. The second-order valence-corrected chi connectivity index (χ2v) is 6.41. The lowest BCUT2D eigenvalue weighted by molar-refractivity contribution is -0.144. The number of esters is 1. The predicted octanol–water partition coefficient (Wildman–Crippen LogP) is 2.60. The van der Waals surface area contributed by atoms with Gasteiger partial charge in [-0.2, -0.15) is 0 Å². The van der Waals surface area contributed by atoms with Gasteiger partial charge in [-0.3, -0.25) is 4.79 Å². The first-order valence-electron chi connectivity index (χ1n) is 7.60. The molecule has 4 nitrogen and oxygen atoms in total. The van der Waals surface area contributed by atoms with Gasteiger partial charge in [-0.15, -0.1) is 0 Å². The third kappa shape index (κ3) is 5.29. The fourth-order valence-corrected chi connectivity index (χ4v) is 2.90. The number of ether oxygens (including phenoxy) is 1. The molecule has 0 heterocycles. The minimum atomic E-state index is -0.984. The van der Waals surface area contributed by atoms with Gasteiger partial charge in [0.2, 0.25) is 0 Å². The Morgan fingerprint density at radius 2 is 2.05 bits per heavy atom. The molecule has 1 aliphatic rings. The lowest BCUT2D eigenvalue weighted by Gasteiger charge is -2.32. The molecule has 0 saturated heterocycles. The summed E-state index contributed by atoms with van der Waals surface area (Å²) in [4.78, 5) is 11.2. The summed E-state index contributed by atoms with van der Waals surface area (Å²) in [5.74, 6) is -0.0617. The number of allylic oxidation sites excluding steroid dienone is 1. The van der Waals surface area contributed by atoms with E-state index in [1.807, 2.05) is 13.0 Å². The molecule has 0 radical (unpaired) electrons. The molecule has 0 aromatic heterocycles. The molecule has 0 aliphatic heterocycles. The Hall–Kier alpha value is -1.13. The Morgan fingerprint density at radius 1 is 1.43 bits per heavy atom. The summed E-state index contributed by atoms with van der Waals surface area (Å²) >= 11 is 0. The van der Waals surface area contributed by atoms with Gasteiger partial charge in [-0.05, 0) is 43.3 Å². The second kappa shape index (κ2) is 7.76. The zero-order valence-corrected chi connectivity index (χ0v) is 13.5. The number of carbonyl (C=O) groups excluding carboxylic acids is 1. The summed E-state index contributed by atoms with van der Waals surface area (Å²) < 4.78 is 5.25. The van der Waals surface area contributed by atoms with Crippen LogP contribution in [0.3, 0.4) is 0 Å². The number of aliphatic hydroxyl groups is 2. The molecule has 21 heavy (non-hydrogen) atoms. The molecule has 0 unspecified atom stereocenters. The molecule has 0 amide bonds. The molecule has 0 saturated carbocycles. The SMILES string of the molecule is C=C1C[C@@H](OC(C)=O)/C=C(\C)CC[C@@H](C(C)C)[C@@H](O)[C@@H]1O. The number of rotatable bonds is 2. The van der Waals surface area contributed by atoms with Gasteiger partial charge in [0, 0.05) is 13.3 Å². The van der Waals surface area contributed by atoms with Crippen molar-refractivity contribution in [3.8, 4) is 0 Å². The summed E-state index contributed by atoms with van der Waals surface area (Å²) in [6.07, 6.45) is 1.62. The zero-order chi connectivity index (χ0) is 16.2. The Morgan fingerprint density at radius 3 is 2.57 bits per heavy atom. The van der Waals surface area contributed by atoms with Crippen LogP contribution in [0.2, 0.25) is 0 Å². The molecule has 1 rings (SSSR count). The minimum Gasteiger partial charge on any atom is -0.458 e. The van der Waals surface area contributed by atoms with E-state index >= 15 is 0 Å². The maximum atomic E-state index is 11.2. The van der Waals surface area contributed by atoms with Gasteiger partial charge in [0.15, 0.2) is 0 Å². The van der Waals surface area contributed by atoms with E-state index in [1.165, 1.54) is 6.92 Å². The largest absolute Gasteiger partial charge is 0.458 e. The van der Waals surface area contributed by atoms with Crippen LogP contribution in [0.5, 0.6) is 0 Å². The highest BCUT2D eigenvalue weighted by atomic mass is 16.5. The first-order valence-corrected chi connectivity index (χ1v) is 7.60. The van der Waals surface area contributed by atoms with Crippen LogP contribution in [0, 0.1) is 11.8 Å². The van der Waals surface area contributed by atoms with Crippen LogP contribution < -0.4 is 0 Å². The van der Waals surface area contributed by atoms with Crippen molar-refractivity contribution in [2.75, 3.05) is 0 Å². The number of hydrogen-bond donors (Lipinski definition) is 2. The standard InChI is InChI=1S/C17H28O4/c1-10(2)15-7-6-11(3)8-14(21-13(5)18)9-12(4)16(19)17(15)20/h8,10,14-17,19-20H,4,6-7,9H2,1-3,5H3/b11-8+/t14-,15-,16+,17+/m0/s1. The van der Waals surface area contributed by atoms with Crippen LogP contribution in [0.1, 0.15) is 47.0 Å². The van der Waals surface area contributed by atoms with Crippen molar-refractivity contribution in [3.05, 3.63) is 23.8 Å². The van der Waals surface area contributed by atoms with Crippen molar-refractivity contribution in [3.63, 3.8) is 0 Å². The maximum Gasteiger partial charge on any atom is 0.303 e. The average Bonchev–Trinajstić information content (AvgIpc) is 2.35. The molecule has 0 spiro atoms. The Labute approximate surface area is 127 Å². The molecule has 0 aromatic carbocycles.